The molecular weight excluding hydrogens is 305 g/mol. The molecule has 3 rings (SSSR count). The number of carbonyl (C=O) groups excluding carboxylic acids is 1. The maximum absolute atomic E-state index is 13.7. The molecule has 5 heteroatoms. The molecule has 0 bridgehead atoms. The molecule has 1 N–H and O–H groups in total. The molecule has 3 nitrogen and oxygen atoms in total. The van der Waals surface area contributed by atoms with Crippen molar-refractivity contribution >= 4 is 28.5 Å². The van der Waals surface area contributed by atoms with Gasteiger partial charge in [-0.3, -0.25) is 4.79 Å². The first kappa shape index (κ1) is 14.6. The Labute approximate surface area is 131 Å². The van der Waals surface area contributed by atoms with Gasteiger partial charge in [-0.25, -0.2) is 4.39 Å². The van der Waals surface area contributed by atoms with Gasteiger partial charge >= 0.3 is 0 Å². The molecule has 3 aromatic rings. The van der Waals surface area contributed by atoms with E-state index in [2.05, 4.69) is 5.32 Å². The number of halogens is 2. The molecule has 2 aromatic carbocycles. The highest BCUT2D eigenvalue weighted by atomic mass is 35.5. The van der Waals surface area contributed by atoms with Crippen LogP contribution in [0.2, 0.25) is 5.02 Å². The van der Waals surface area contributed by atoms with Crippen LogP contribution in [0.5, 0.6) is 0 Å². The highest BCUT2D eigenvalue weighted by Crippen LogP contribution is 2.24. The minimum atomic E-state index is -0.612. The Hall–Kier alpha value is -2.33. The molecule has 0 aliphatic rings. The van der Waals surface area contributed by atoms with Crippen molar-refractivity contribution in [3.63, 3.8) is 0 Å². The number of benzene rings is 2. The zero-order chi connectivity index (χ0) is 15.7. The van der Waals surface area contributed by atoms with Crippen LogP contribution in [0.25, 0.3) is 11.0 Å². The van der Waals surface area contributed by atoms with Crippen LogP contribution >= 0.6 is 11.6 Å². The smallest absolute Gasteiger partial charge is 0.254 e. The van der Waals surface area contributed by atoms with Crippen LogP contribution in [-0.2, 0) is 0 Å². The van der Waals surface area contributed by atoms with Gasteiger partial charge in [-0.05, 0) is 37.3 Å². The Morgan fingerprint density at radius 1 is 1.23 bits per heavy atom. The van der Waals surface area contributed by atoms with Gasteiger partial charge in [-0.15, -0.1) is 0 Å². The molecule has 0 saturated carbocycles. The molecule has 0 aliphatic carbocycles. The maximum atomic E-state index is 13.7. The van der Waals surface area contributed by atoms with Gasteiger partial charge in [0.05, 0.1) is 11.6 Å². The van der Waals surface area contributed by atoms with E-state index in [0.29, 0.717) is 10.8 Å². The van der Waals surface area contributed by atoms with Crippen LogP contribution < -0.4 is 5.32 Å². The van der Waals surface area contributed by atoms with E-state index in [1.165, 1.54) is 18.2 Å². The van der Waals surface area contributed by atoms with Crippen LogP contribution in [-0.4, -0.2) is 5.91 Å². The predicted molar refractivity (Wildman–Crippen MR) is 83.5 cm³/mol. The monoisotopic (exact) mass is 317 g/mol. The van der Waals surface area contributed by atoms with Crippen molar-refractivity contribution < 1.29 is 13.6 Å². The second-order valence-corrected chi connectivity index (χ2v) is 5.44. The lowest BCUT2D eigenvalue weighted by Gasteiger charge is -2.12. The zero-order valence-corrected chi connectivity index (χ0v) is 12.5. The summed E-state index contributed by atoms with van der Waals surface area (Å²) in [7, 11) is 0. The highest BCUT2D eigenvalue weighted by Gasteiger charge is 2.18. The van der Waals surface area contributed by atoms with Crippen LogP contribution in [0.4, 0.5) is 4.39 Å². The van der Waals surface area contributed by atoms with E-state index in [0.717, 1.165) is 11.0 Å². The normalized spacial score (nSPS) is 12.3. The molecule has 0 saturated heterocycles. The Bertz CT molecular complexity index is 811. The van der Waals surface area contributed by atoms with Gasteiger partial charge in [0.25, 0.3) is 5.91 Å². The first-order valence-electron chi connectivity index (χ1n) is 6.79. The Morgan fingerprint density at radius 2 is 2.00 bits per heavy atom. The fourth-order valence-electron chi connectivity index (χ4n) is 2.23. The van der Waals surface area contributed by atoms with Crippen LogP contribution in [0.15, 0.2) is 52.9 Å². The SMILES string of the molecule is CC(NC(=O)c1cc(Cl)ccc1F)c1cc2ccccc2o1. The lowest BCUT2D eigenvalue weighted by atomic mass is 10.1. The van der Waals surface area contributed by atoms with E-state index in [-0.39, 0.29) is 5.56 Å². The van der Waals surface area contributed by atoms with Gasteiger partial charge in [-0.2, -0.15) is 0 Å². The van der Waals surface area contributed by atoms with E-state index >= 15 is 0 Å². The van der Waals surface area contributed by atoms with Gasteiger partial charge in [0.2, 0.25) is 0 Å². The summed E-state index contributed by atoms with van der Waals surface area (Å²) < 4.78 is 19.4. The summed E-state index contributed by atoms with van der Waals surface area (Å²) in [6.45, 7) is 1.78. The molecule has 0 spiro atoms. The van der Waals surface area contributed by atoms with Gasteiger partial charge < -0.3 is 9.73 Å². The first-order valence-corrected chi connectivity index (χ1v) is 7.17. The Morgan fingerprint density at radius 3 is 2.77 bits per heavy atom. The van der Waals surface area contributed by atoms with Crippen molar-refractivity contribution in [1.29, 1.82) is 0 Å². The van der Waals surface area contributed by atoms with Gasteiger partial charge in [-0.1, -0.05) is 29.8 Å². The summed E-state index contributed by atoms with van der Waals surface area (Å²) in [6, 6.07) is 12.9. The quantitative estimate of drug-likeness (QED) is 0.759. The zero-order valence-electron chi connectivity index (χ0n) is 11.8. The van der Waals surface area contributed by atoms with Crippen LogP contribution in [0.3, 0.4) is 0 Å². The number of amides is 1. The number of rotatable bonds is 3. The second kappa shape index (κ2) is 5.81. The molecule has 0 radical (unpaired) electrons. The van der Waals surface area contributed by atoms with E-state index < -0.39 is 17.8 Å². The van der Waals surface area contributed by atoms with Gasteiger partial charge in [0, 0.05) is 10.4 Å². The fraction of sp³-hybridized carbons (Fsp3) is 0.118. The number of hydrogen-bond donors (Lipinski definition) is 1. The molecule has 0 aliphatic heterocycles. The van der Waals surface area contributed by atoms with Crippen molar-refractivity contribution in [2.75, 3.05) is 0 Å². The molecule has 1 unspecified atom stereocenters. The van der Waals surface area contributed by atoms with Crippen LogP contribution in [0.1, 0.15) is 29.1 Å². The Balaban J connectivity index is 1.82. The number of fused-ring (bicyclic) bond motifs is 1. The molecule has 1 atom stereocenters. The van der Waals surface area contributed by atoms with E-state index in [9.17, 15) is 9.18 Å². The summed E-state index contributed by atoms with van der Waals surface area (Å²) in [6.07, 6.45) is 0. The highest BCUT2D eigenvalue weighted by molar-refractivity contribution is 6.31. The molecule has 1 amide bonds. The minimum absolute atomic E-state index is 0.0875. The molecule has 0 fully saturated rings. The molecule has 1 aromatic heterocycles. The molecule has 1 heterocycles. The molecular formula is C17H13ClFNO2. The predicted octanol–water partition coefficient (Wildman–Crippen LogP) is 4.72. The first-order chi connectivity index (χ1) is 10.5. The van der Waals surface area contributed by atoms with Gasteiger partial charge in [0.1, 0.15) is 17.2 Å². The van der Waals surface area contributed by atoms with Crippen molar-refractivity contribution in [1.82, 2.24) is 5.32 Å². The summed E-state index contributed by atoms with van der Waals surface area (Å²) in [4.78, 5) is 12.2. The third kappa shape index (κ3) is 2.83. The lowest BCUT2D eigenvalue weighted by Crippen LogP contribution is -2.27. The number of furan rings is 1. The Kier molecular flexibility index (Phi) is 3.86. The largest absolute Gasteiger partial charge is 0.459 e. The third-order valence-corrected chi connectivity index (χ3v) is 3.63. The van der Waals surface area contributed by atoms with Crippen molar-refractivity contribution in [2.45, 2.75) is 13.0 Å². The molecule has 22 heavy (non-hydrogen) atoms. The van der Waals surface area contributed by atoms with Crippen molar-refractivity contribution in [3.8, 4) is 0 Å². The number of hydrogen-bond acceptors (Lipinski definition) is 2. The maximum Gasteiger partial charge on any atom is 0.254 e. The van der Waals surface area contributed by atoms with Gasteiger partial charge in [0.15, 0.2) is 0 Å². The van der Waals surface area contributed by atoms with Crippen molar-refractivity contribution in [2.24, 2.45) is 0 Å². The average Bonchev–Trinajstić information content (AvgIpc) is 2.93. The lowest BCUT2D eigenvalue weighted by molar-refractivity contribution is 0.0931. The number of nitrogens with one attached hydrogen (secondary N) is 1. The minimum Gasteiger partial charge on any atom is -0.459 e. The van der Waals surface area contributed by atoms with E-state index in [4.69, 9.17) is 16.0 Å². The molecule has 112 valence electrons. The van der Waals surface area contributed by atoms with E-state index in [1.807, 2.05) is 30.3 Å². The average molecular weight is 318 g/mol. The second-order valence-electron chi connectivity index (χ2n) is 5.01. The van der Waals surface area contributed by atoms with Crippen LogP contribution in [0, 0.1) is 5.82 Å². The summed E-state index contributed by atoms with van der Waals surface area (Å²) in [5.74, 6) is -0.538. The third-order valence-electron chi connectivity index (χ3n) is 3.39. The fourth-order valence-corrected chi connectivity index (χ4v) is 2.40. The topological polar surface area (TPSA) is 42.2 Å². The summed E-state index contributed by atoms with van der Waals surface area (Å²) >= 11 is 5.80. The number of carbonyl (C=O) groups is 1. The number of para-hydroxylation sites is 1. The summed E-state index contributed by atoms with van der Waals surface area (Å²) in [5, 5.41) is 3.97. The summed E-state index contributed by atoms with van der Waals surface area (Å²) in [5.41, 5.74) is 0.656. The van der Waals surface area contributed by atoms with Crippen molar-refractivity contribution in [3.05, 3.63) is 70.7 Å². The standard InChI is InChI=1S/C17H13ClFNO2/c1-10(16-8-11-4-2-3-5-15(11)22-16)20-17(21)13-9-12(18)6-7-14(13)19/h2-10H,1H3,(H,20,21). The van der Waals surface area contributed by atoms with E-state index in [1.54, 1.807) is 6.92 Å².